The van der Waals surface area contributed by atoms with Gasteiger partial charge in [-0.1, -0.05) is 49.4 Å². The molecule has 0 N–H and O–H groups in total. The minimum absolute atomic E-state index is 0.0752. The van der Waals surface area contributed by atoms with Crippen LogP contribution in [-0.2, 0) is 13.6 Å². The summed E-state index contributed by atoms with van der Waals surface area (Å²) in [6.07, 6.45) is 2.34. The van der Waals surface area contributed by atoms with E-state index in [1.54, 1.807) is 11.8 Å². The van der Waals surface area contributed by atoms with Crippen molar-refractivity contribution in [3.63, 3.8) is 0 Å². The molecule has 2 aromatic carbocycles. The fourth-order valence-electron chi connectivity index (χ4n) is 3.30. The molecule has 4 aromatic rings. The predicted molar refractivity (Wildman–Crippen MR) is 111 cm³/mol. The Hall–Kier alpha value is -2.60. The summed E-state index contributed by atoms with van der Waals surface area (Å²) >= 11 is 1.74. The van der Waals surface area contributed by atoms with Crippen molar-refractivity contribution in [1.82, 2.24) is 19.3 Å². The minimum Gasteiger partial charge on any atom is -0.333 e. The van der Waals surface area contributed by atoms with Crippen molar-refractivity contribution in [1.29, 1.82) is 0 Å². The Morgan fingerprint density at radius 2 is 1.59 bits per heavy atom. The number of pyridine rings is 1. The third-order valence-corrected chi connectivity index (χ3v) is 5.94. The molecule has 0 bridgehead atoms. The third kappa shape index (κ3) is 3.25. The number of nitrogens with zero attached hydrogens (tertiary/aromatic N) is 4. The average Bonchev–Trinajstić information content (AvgIpc) is 3.05. The zero-order valence-corrected chi connectivity index (χ0v) is 16.4. The molecule has 0 amide bonds. The van der Waals surface area contributed by atoms with Crippen LogP contribution in [0.15, 0.2) is 58.5 Å². The molecule has 2 aromatic heterocycles. The molecule has 0 unspecified atom stereocenters. The number of benzene rings is 2. The van der Waals surface area contributed by atoms with Crippen molar-refractivity contribution in [2.75, 3.05) is 5.75 Å². The van der Waals surface area contributed by atoms with Gasteiger partial charge in [0.25, 0.3) is 0 Å². The van der Waals surface area contributed by atoms with Crippen molar-refractivity contribution in [3.8, 4) is 0 Å². The molecular weight excluding hydrogens is 356 g/mol. The molecule has 138 valence electrons. The average molecular weight is 379 g/mol. The molecule has 0 spiro atoms. The van der Waals surface area contributed by atoms with Crippen LogP contribution >= 0.6 is 11.8 Å². The van der Waals surface area contributed by atoms with Gasteiger partial charge in [0.2, 0.25) is 0 Å². The Balaban J connectivity index is 1.82. The molecular formula is C21H22N4OS. The molecule has 0 saturated heterocycles. The number of para-hydroxylation sites is 2. The number of thioether (sulfide) groups is 1. The lowest BCUT2D eigenvalue weighted by Crippen LogP contribution is -2.14. The van der Waals surface area contributed by atoms with Gasteiger partial charge in [0, 0.05) is 23.6 Å². The number of hydrogen-bond acceptors (Lipinski definition) is 4. The maximum Gasteiger partial charge on any atom is 0.197 e. The molecule has 0 radical (unpaired) electrons. The van der Waals surface area contributed by atoms with E-state index in [1.165, 1.54) is 12.8 Å². The summed E-state index contributed by atoms with van der Waals surface area (Å²) in [5.41, 5.74) is 1.92. The summed E-state index contributed by atoms with van der Waals surface area (Å²) in [6, 6.07) is 15.5. The van der Waals surface area contributed by atoms with Crippen molar-refractivity contribution in [2.45, 2.75) is 31.5 Å². The molecule has 6 heteroatoms. The van der Waals surface area contributed by atoms with Crippen LogP contribution in [0, 0.1) is 0 Å². The molecule has 5 nitrogen and oxygen atoms in total. The van der Waals surface area contributed by atoms with Crippen LogP contribution in [0.1, 0.15) is 25.6 Å². The zero-order valence-electron chi connectivity index (χ0n) is 15.6. The fourth-order valence-corrected chi connectivity index (χ4v) is 4.32. The standard InChI is InChI=1S/C21H22N4OS/c1-3-4-13-27-21-23-22-19(24(21)2)14-25-17-11-7-5-9-15(17)20(26)16-10-6-8-12-18(16)25/h5-12H,3-4,13-14H2,1-2H3. The number of rotatable bonds is 6. The first-order valence-corrected chi connectivity index (χ1v) is 10.2. The van der Waals surface area contributed by atoms with Crippen molar-refractivity contribution < 1.29 is 0 Å². The summed E-state index contributed by atoms with van der Waals surface area (Å²) < 4.78 is 4.22. The Kier molecular flexibility index (Phi) is 4.99. The van der Waals surface area contributed by atoms with Gasteiger partial charge >= 0.3 is 0 Å². The molecule has 0 aliphatic rings. The maximum atomic E-state index is 12.9. The van der Waals surface area contributed by atoms with E-state index in [9.17, 15) is 4.79 Å². The Bertz CT molecular complexity index is 1100. The normalized spacial score (nSPS) is 11.5. The largest absolute Gasteiger partial charge is 0.333 e. The number of aromatic nitrogens is 4. The first-order chi connectivity index (χ1) is 13.2. The van der Waals surface area contributed by atoms with Crippen LogP contribution in [-0.4, -0.2) is 25.1 Å². The van der Waals surface area contributed by atoms with Gasteiger partial charge in [0.15, 0.2) is 16.4 Å². The lowest BCUT2D eigenvalue weighted by Gasteiger charge is -2.14. The van der Waals surface area contributed by atoms with Crippen LogP contribution in [0.2, 0.25) is 0 Å². The van der Waals surface area contributed by atoms with Crippen LogP contribution in [0.4, 0.5) is 0 Å². The fraction of sp³-hybridized carbons (Fsp3) is 0.286. The maximum absolute atomic E-state index is 12.9. The molecule has 0 saturated carbocycles. The van der Waals surface area contributed by atoms with E-state index in [1.807, 2.05) is 55.6 Å². The van der Waals surface area contributed by atoms with E-state index in [2.05, 4.69) is 26.3 Å². The van der Waals surface area contributed by atoms with E-state index in [-0.39, 0.29) is 5.43 Å². The Morgan fingerprint density at radius 3 is 2.22 bits per heavy atom. The number of unbranched alkanes of at least 4 members (excludes halogenated alkanes) is 1. The molecule has 4 rings (SSSR count). The second-order valence-electron chi connectivity index (χ2n) is 6.61. The summed E-state index contributed by atoms with van der Waals surface area (Å²) in [4.78, 5) is 12.9. The highest BCUT2D eigenvalue weighted by molar-refractivity contribution is 7.99. The van der Waals surface area contributed by atoms with Gasteiger partial charge < -0.3 is 9.13 Å². The van der Waals surface area contributed by atoms with Gasteiger partial charge in [-0.25, -0.2) is 0 Å². The SMILES string of the molecule is CCCCSc1nnc(Cn2c3ccccc3c(=O)c3ccccc32)n1C. The van der Waals surface area contributed by atoms with Gasteiger partial charge in [-0.3, -0.25) is 4.79 Å². The Labute approximate surface area is 162 Å². The van der Waals surface area contributed by atoms with Crippen LogP contribution in [0.3, 0.4) is 0 Å². The van der Waals surface area contributed by atoms with E-state index < -0.39 is 0 Å². The van der Waals surface area contributed by atoms with E-state index >= 15 is 0 Å². The molecule has 0 aliphatic carbocycles. The molecule has 0 atom stereocenters. The number of hydrogen-bond donors (Lipinski definition) is 0. The van der Waals surface area contributed by atoms with Crippen molar-refractivity contribution in [3.05, 3.63) is 64.6 Å². The monoisotopic (exact) mass is 378 g/mol. The summed E-state index contributed by atoms with van der Waals surface area (Å²) in [6.45, 7) is 2.76. The summed E-state index contributed by atoms with van der Waals surface area (Å²) in [5.74, 6) is 1.93. The van der Waals surface area contributed by atoms with Gasteiger partial charge in [-0.05, 0) is 30.7 Å². The minimum atomic E-state index is 0.0752. The lowest BCUT2D eigenvalue weighted by molar-refractivity contribution is 0.696. The molecule has 0 aliphatic heterocycles. The number of fused-ring (bicyclic) bond motifs is 2. The topological polar surface area (TPSA) is 52.7 Å². The molecule has 27 heavy (non-hydrogen) atoms. The molecule has 2 heterocycles. The second-order valence-corrected chi connectivity index (χ2v) is 7.67. The van der Waals surface area contributed by atoms with Crippen LogP contribution < -0.4 is 5.43 Å². The van der Waals surface area contributed by atoms with E-state index in [4.69, 9.17) is 0 Å². The van der Waals surface area contributed by atoms with Crippen molar-refractivity contribution in [2.24, 2.45) is 7.05 Å². The first-order valence-electron chi connectivity index (χ1n) is 9.22. The van der Waals surface area contributed by atoms with Crippen LogP contribution in [0.25, 0.3) is 21.8 Å². The highest BCUT2D eigenvalue weighted by Crippen LogP contribution is 2.22. The quantitative estimate of drug-likeness (QED) is 0.286. The zero-order chi connectivity index (χ0) is 18.8. The smallest absolute Gasteiger partial charge is 0.197 e. The first kappa shape index (κ1) is 17.8. The predicted octanol–water partition coefficient (Wildman–Crippen LogP) is 4.22. The van der Waals surface area contributed by atoms with Crippen LogP contribution in [0.5, 0.6) is 0 Å². The Morgan fingerprint density at radius 1 is 0.963 bits per heavy atom. The van der Waals surface area contributed by atoms with E-state index in [0.717, 1.165) is 38.5 Å². The summed E-state index contributed by atoms with van der Waals surface area (Å²) in [5, 5.41) is 11.2. The highest BCUT2D eigenvalue weighted by Gasteiger charge is 2.14. The summed E-state index contributed by atoms with van der Waals surface area (Å²) in [7, 11) is 2.01. The van der Waals surface area contributed by atoms with E-state index in [0.29, 0.717) is 6.54 Å². The highest BCUT2D eigenvalue weighted by atomic mass is 32.2. The molecule has 0 fully saturated rings. The third-order valence-electron chi connectivity index (χ3n) is 4.83. The van der Waals surface area contributed by atoms with Gasteiger partial charge in [0.1, 0.15) is 0 Å². The second kappa shape index (κ2) is 7.56. The van der Waals surface area contributed by atoms with Gasteiger partial charge in [-0.15, -0.1) is 10.2 Å². The van der Waals surface area contributed by atoms with Gasteiger partial charge in [-0.2, -0.15) is 0 Å². The van der Waals surface area contributed by atoms with Crippen molar-refractivity contribution >= 4 is 33.6 Å². The lowest BCUT2D eigenvalue weighted by atomic mass is 10.1. The van der Waals surface area contributed by atoms with Gasteiger partial charge in [0.05, 0.1) is 17.6 Å².